The first-order chi connectivity index (χ1) is 11.1. The number of thiazole rings is 1. The molecule has 3 nitrogen and oxygen atoms in total. The Balaban J connectivity index is 1.89. The highest BCUT2D eigenvalue weighted by atomic mass is 35.5. The molecule has 0 aliphatic rings. The van der Waals surface area contributed by atoms with Crippen LogP contribution in [0.3, 0.4) is 0 Å². The fraction of sp³-hybridized carbons (Fsp3) is 0.0556. The largest absolute Gasteiger partial charge is 0.399 e. The molecule has 2 aromatic carbocycles. The van der Waals surface area contributed by atoms with Crippen molar-refractivity contribution in [1.29, 1.82) is 0 Å². The number of nitrogens with zero attached hydrogens (tertiary/aromatic N) is 2. The van der Waals surface area contributed by atoms with Crippen LogP contribution in [0.1, 0.15) is 4.88 Å². The Morgan fingerprint density at radius 3 is 2.61 bits per heavy atom. The fourth-order valence-corrected chi connectivity index (χ4v) is 3.84. The van der Waals surface area contributed by atoms with Crippen LogP contribution in [-0.4, -0.2) is 9.38 Å². The van der Waals surface area contributed by atoms with Crippen molar-refractivity contribution in [2.75, 3.05) is 5.73 Å². The smallest absolute Gasteiger partial charge is 0.194 e. The molecule has 2 aromatic heterocycles. The van der Waals surface area contributed by atoms with Crippen LogP contribution >= 0.6 is 22.9 Å². The number of imidazole rings is 1. The molecule has 0 atom stereocenters. The van der Waals surface area contributed by atoms with Crippen molar-refractivity contribution in [3.05, 3.63) is 64.6 Å². The number of nitrogen functional groups attached to an aromatic ring is 1. The van der Waals surface area contributed by atoms with Crippen LogP contribution in [0.2, 0.25) is 5.02 Å². The van der Waals surface area contributed by atoms with E-state index in [4.69, 9.17) is 22.3 Å². The number of hydrogen-bond acceptors (Lipinski definition) is 3. The molecule has 0 saturated heterocycles. The van der Waals surface area contributed by atoms with Gasteiger partial charge in [0.1, 0.15) is 0 Å². The number of halogens is 1. The third-order valence-corrected chi connectivity index (χ3v) is 5.01. The van der Waals surface area contributed by atoms with Gasteiger partial charge in [-0.15, -0.1) is 11.3 Å². The summed E-state index contributed by atoms with van der Waals surface area (Å²) >= 11 is 7.69. The average molecular weight is 340 g/mol. The predicted octanol–water partition coefficient (Wildman–Crippen LogP) is 5.27. The number of rotatable bonds is 2. The van der Waals surface area contributed by atoms with E-state index in [-0.39, 0.29) is 0 Å². The van der Waals surface area contributed by atoms with Crippen molar-refractivity contribution >= 4 is 33.6 Å². The standard InChI is InChI=1S/C18H14ClN3S/c1-11-17(12-5-7-14(19)8-6-12)22-10-16(21-18(22)23-11)13-3-2-4-15(20)9-13/h2-10H,20H2,1H3. The van der Waals surface area contributed by atoms with E-state index >= 15 is 0 Å². The zero-order valence-electron chi connectivity index (χ0n) is 12.5. The van der Waals surface area contributed by atoms with Crippen LogP contribution in [0.5, 0.6) is 0 Å². The van der Waals surface area contributed by atoms with E-state index in [2.05, 4.69) is 17.5 Å². The topological polar surface area (TPSA) is 43.3 Å². The second-order valence-corrected chi connectivity index (χ2v) is 7.04. The van der Waals surface area contributed by atoms with Gasteiger partial charge in [-0.1, -0.05) is 35.9 Å². The third-order valence-electron chi connectivity index (χ3n) is 3.79. The first kappa shape index (κ1) is 14.3. The molecule has 5 heteroatoms. The lowest BCUT2D eigenvalue weighted by molar-refractivity contribution is 1.22. The van der Waals surface area contributed by atoms with Crippen molar-refractivity contribution < 1.29 is 0 Å². The number of benzene rings is 2. The maximum atomic E-state index is 6.00. The molecule has 23 heavy (non-hydrogen) atoms. The number of aromatic nitrogens is 2. The molecule has 0 aliphatic carbocycles. The van der Waals surface area contributed by atoms with Crippen LogP contribution in [0, 0.1) is 6.92 Å². The van der Waals surface area contributed by atoms with E-state index in [1.54, 1.807) is 11.3 Å². The fourth-order valence-electron chi connectivity index (χ4n) is 2.74. The van der Waals surface area contributed by atoms with Gasteiger partial charge in [0.05, 0.1) is 11.4 Å². The van der Waals surface area contributed by atoms with Crippen LogP contribution in [0.15, 0.2) is 54.7 Å². The van der Waals surface area contributed by atoms with E-state index in [1.807, 2.05) is 48.5 Å². The highest BCUT2D eigenvalue weighted by Crippen LogP contribution is 2.34. The second-order valence-electron chi connectivity index (χ2n) is 5.42. The lowest BCUT2D eigenvalue weighted by Crippen LogP contribution is -1.87. The molecular formula is C18H14ClN3S. The van der Waals surface area contributed by atoms with Crippen molar-refractivity contribution in [3.8, 4) is 22.5 Å². The number of hydrogen-bond donors (Lipinski definition) is 1. The maximum absolute atomic E-state index is 6.00. The number of anilines is 1. The van der Waals surface area contributed by atoms with Gasteiger partial charge in [0, 0.05) is 27.3 Å². The summed E-state index contributed by atoms with van der Waals surface area (Å²) in [6.45, 7) is 2.11. The minimum absolute atomic E-state index is 0.740. The van der Waals surface area contributed by atoms with Gasteiger partial charge in [0.25, 0.3) is 0 Å². The van der Waals surface area contributed by atoms with E-state index in [0.717, 1.165) is 38.2 Å². The van der Waals surface area contributed by atoms with Gasteiger partial charge in [-0.3, -0.25) is 4.40 Å². The number of fused-ring (bicyclic) bond motifs is 1. The molecule has 0 radical (unpaired) electrons. The Bertz CT molecular complexity index is 999. The lowest BCUT2D eigenvalue weighted by Gasteiger charge is -2.02. The summed E-state index contributed by atoms with van der Waals surface area (Å²) in [6, 6.07) is 15.7. The van der Waals surface area contributed by atoms with Crippen molar-refractivity contribution in [2.24, 2.45) is 0 Å². The zero-order valence-corrected chi connectivity index (χ0v) is 14.0. The normalized spacial score (nSPS) is 11.2. The van der Waals surface area contributed by atoms with Gasteiger partial charge in [0.2, 0.25) is 0 Å². The predicted molar refractivity (Wildman–Crippen MR) is 98.1 cm³/mol. The first-order valence-corrected chi connectivity index (χ1v) is 8.41. The zero-order chi connectivity index (χ0) is 16.0. The van der Waals surface area contributed by atoms with Gasteiger partial charge < -0.3 is 5.73 Å². The SMILES string of the molecule is Cc1sc2nc(-c3cccc(N)c3)cn2c1-c1ccc(Cl)cc1. The van der Waals surface area contributed by atoms with Gasteiger partial charge in [-0.25, -0.2) is 4.98 Å². The van der Waals surface area contributed by atoms with Gasteiger partial charge in [-0.2, -0.15) is 0 Å². The van der Waals surface area contributed by atoms with E-state index in [0.29, 0.717) is 0 Å². The summed E-state index contributed by atoms with van der Waals surface area (Å²) in [4.78, 5) is 6.96. The average Bonchev–Trinajstić information content (AvgIpc) is 3.05. The van der Waals surface area contributed by atoms with Crippen LogP contribution in [-0.2, 0) is 0 Å². The Labute approximate surface area is 143 Å². The lowest BCUT2D eigenvalue weighted by atomic mass is 10.1. The molecule has 114 valence electrons. The number of nitrogens with two attached hydrogens (primary N) is 1. The minimum atomic E-state index is 0.740. The Morgan fingerprint density at radius 2 is 1.87 bits per heavy atom. The van der Waals surface area contributed by atoms with Crippen molar-refractivity contribution in [3.63, 3.8) is 0 Å². The highest BCUT2D eigenvalue weighted by molar-refractivity contribution is 7.17. The van der Waals surface area contributed by atoms with E-state index in [9.17, 15) is 0 Å². The number of aryl methyl sites for hydroxylation is 1. The van der Waals surface area contributed by atoms with Gasteiger partial charge in [0.15, 0.2) is 4.96 Å². The highest BCUT2D eigenvalue weighted by Gasteiger charge is 2.14. The maximum Gasteiger partial charge on any atom is 0.194 e. The molecule has 0 bridgehead atoms. The summed E-state index contributed by atoms with van der Waals surface area (Å²) in [5.41, 5.74) is 10.9. The monoisotopic (exact) mass is 339 g/mol. The molecule has 0 saturated carbocycles. The van der Waals surface area contributed by atoms with Crippen LogP contribution in [0.25, 0.3) is 27.5 Å². The third kappa shape index (κ3) is 2.50. The molecule has 4 rings (SSSR count). The van der Waals surface area contributed by atoms with Gasteiger partial charge in [-0.05, 0) is 36.8 Å². The summed E-state index contributed by atoms with van der Waals surface area (Å²) in [5.74, 6) is 0. The summed E-state index contributed by atoms with van der Waals surface area (Å²) in [6.07, 6.45) is 2.07. The second kappa shape index (κ2) is 5.41. The Kier molecular flexibility index (Phi) is 3.36. The Hall–Kier alpha value is -2.30. The summed E-state index contributed by atoms with van der Waals surface area (Å²) in [7, 11) is 0. The quantitative estimate of drug-likeness (QED) is 0.505. The van der Waals surface area contributed by atoms with E-state index < -0.39 is 0 Å². The molecule has 0 aliphatic heterocycles. The van der Waals surface area contributed by atoms with Crippen LogP contribution < -0.4 is 5.73 Å². The minimum Gasteiger partial charge on any atom is -0.399 e. The molecular weight excluding hydrogens is 326 g/mol. The molecule has 0 spiro atoms. The molecule has 4 aromatic rings. The van der Waals surface area contributed by atoms with Gasteiger partial charge >= 0.3 is 0 Å². The molecule has 0 amide bonds. The molecule has 2 N–H and O–H groups in total. The Morgan fingerprint density at radius 1 is 1.09 bits per heavy atom. The van der Waals surface area contributed by atoms with Crippen LogP contribution in [0.4, 0.5) is 5.69 Å². The van der Waals surface area contributed by atoms with Crippen molar-refractivity contribution in [2.45, 2.75) is 6.92 Å². The van der Waals surface area contributed by atoms with Crippen molar-refractivity contribution in [1.82, 2.24) is 9.38 Å². The van der Waals surface area contributed by atoms with E-state index in [1.165, 1.54) is 4.88 Å². The molecule has 0 fully saturated rings. The first-order valence-electron chi connectivity index (χ1n) is 7.22. The summed E-state index contributed by atoms with van der Waals surface area (Å²) in [5, 5.41) is 0.740. The summed E-state index contributed by atoms with van der Waals surface area (Å²) < 4.78 is 2.14. The molecule has 2 heterocycles. The molecule has 0 unspecified atom stereocenters.